The van der Waals surface area contributed by atoms with Crippen molar-refractivity contribution < 1.29 is 9.53 Å². The van der Waals surface area contributed by atoms with Crippen molar-refractivity contribution in [3.63, 3.8) is 0 Å². The maximum atomic E-state index is 11.7. The van der Waals surface area contributed by atoms with E-state index in [0.29, 0.717) is 5.02 Å². The molecule has 1 aromatic rings. The SMILES string of the molecule is CC(C)(C)OC(=O)c1ccc(Cl)c(Cl)c1Cl. The number of ether oxygens (including phenoxy) is 1. The van der Waals surface area contributed by atoms with E-state index in [-0.39, 0.29) is 15.6 Å². The van der Waals surface area contributed by atoms with Gasteiger partial charge in [0.25, 0.3) is 0 Å². The van der Waals surface area contributed by atoms with Crippen LogP contribution >= 0.6 is 34.8 Å². The molecule has 0 radical (unpaired) electrons. The molecule has 0 N–H and O–H groups in total. The number of hydrogen-bond donors (Lipinski definition) is 0. The third kappa shape index (κ3) is 3.27. The second kappa shape index (κ2) is 4.82. The lowest BCUT2D eigenvalue weighted by Crippen LogP contribution is -2.24. The molecule has 88 valence electrons. The van der Waals surface area contributed by atoms with Gasteiger partial charge in [-0.15, -0.1) is 0 Å². The lowest BCUT2D eigenvalue weighted by atomic mass is 10.1. The molecule has 0 aromatic heterocycles. The topological polar surface area (TPSA) is 26.3 Å². The van der Waals surface area contributed by atoms with E-state index in [0.717, 1.165) is 0 Å². The van der Waals surface area contributed by atoms with Crippen molar-refractivity contribution in [3.05, 3.63) is 32.8 Å². The third-order valence-corrected chi connectivity index (χ3v) is 2.95. The number of esters is 1. The van der Waals surface area contributed by atoms with Gasteiger partial charge in [0.2, 0.25) is 0 Å². The molecule has 0 unspecified atom stereocenters. The van der Waals surface area contributed by atoms with Crippen molar-refractivity contribution in [1.82, 2.24) is 0 Å². The summed E-state index contributed by atoms with van der Waals surface area (Å²) in [4.78, 5) is 11.7. The predicted octanol–water partition coefficient (Wildman–Crippen LogP) is 4.60. The molecule has 0 aliphatic carbocycles. The minimum absolute atomic E-state index is 0.114. The Morgan fingerprint density at radius 2 is 1.69 bits per heavy atom. The second-order valence-electron chi connectivity index (χ2n) is 4.22. The minimum atomic E-state index is -0.577. The molecule has 0 spiro atoms. The number of benzene rings is 1. The summed E-state index contributed by atoms with van der Waals surface area (Å²) in [6.45, 7) is 5.32. The van der Waals surface area contributed by atoms with Crippen LogP contribution in [0.15, 0.2) is 12.1 Å². The smallest absolute Gasteiger partial charge is 0.340 e. The van der Waals surface area contributed by atoms with Gasteiger partial charge in [-0.3, -0.25) is 0 Å². The fourth-order valence-corrected chi connectivity index (χ4v) is 1.63. The first kappa shape index (κ1) is 13.6. The van der Waals surface area contributed by atoms with Crippen molar-refractivity contribution >= 4 is 40.8 Å². The van der Waals surface area contributed by atoms with Crippen molar-refractivity contribution in [2.45, 2.75) is 26.4 Å². The molecule has 0 amide bonds. The monoisotopic (exact) mass is 280 g/mol. The van der Waals surface area contributed by atoms with E-state index in [1.54, 1.807) is 20.8 Å². The van der Waals surface area contributed by atoms with Gasteiger partial charge in [0, 0.05) is 0 Å². The van der Waals surface area contributed by atoms with Crippen LogP contribution in [-0.4, -0.2) is 11.6 Å². The molecule has 1 aromatic carbocycles. The normalized spacial score (nSPS) is 11.4. The van der Waals surface area contributed by atoms with Gasteiger partial charge in [-0.2, -0.15) is 0 Å². The number of carbonyl (C=O) groups is 1. The first-order chi connectivity index (χ1) is 7.22. The van der Waals surface area contributed by atoms with Gasteiger partial charge < -0.3 is 4.74 Å². The standard InChI is InChI=1S/C11H11Cl3O2/c1-11(2,3)16-10(15)6-4-5-7(12)9(14)8(6)13/h4-5H,1-3H3. The lowest BCUT2D eigenvalue weighted by Gasteiger charge is -2.20. The summed E-state index contributed by atoms with van der Waals surface area (Å²) >= 11 is 17.5. The summed E-state index contributed by atoms with van der Waals surface area (Å²) in [6.07, 6.45) is 0. The molecule has 2 nitrogen and oxygen atoms in total. The van der Waals surface area contributed by atoms with Crippen LogP contribution in [0.1, 0.15) is 31.1 Å². The summed E-state index contributed by atoms with van der Waals surface area (Å²) in [5, 5.41) is 0.578. The number of rotatable bonds is 1. The van der Waals surface area contributed by atoms with Crippen molar-refractivity contribution in [1.29, 1.82) is 0 Å². The Balaban J connectivity index is 3.06. The van der Waals surface area contributed by atoms with E-state index in [1.807, 2.05) is 0 Å². The zero-order valence-electron chi connectivity index (χ0n) is 9.11. The van der Waals surface area contributed by atoms with E-state index < -0.39 is 11.6 Å². The van der Waals surface area contributed by atoms with Crippen LogP contribution in [-0.2, 0) is 4.74 Å². The van der Waals surface area contributed by atoms with Crippen molar-refractivity contribution in [3.8, 4) is 0 Å². The van der Waals surface area contributed by atoms with E-state index in [1.165, 1.54) is 12.1 Å². The van der Waals surface area contributed by atoms with Crippen LogP contribution in [0.5, 0.6) is 0 Å². The molecule has 16 heavy (non-hydrogen) atoms. The molecule has 5 heteroatoms. The summed E-state index contributed by atoms with van der Waals surface area (Å²) in [5.41, 5.74) is -0.363. The molecule has 0 aliphatic heterocycles. The highest BCUT2D eigenvalue weighted by molar-refractivity contribution is 6.49. The molecular weight excluding hydrogens is 270 g/mol. The quantitative estimate of drug-likeness (QED) is 0.555. The fourth-order valence-electron chi connectivity index (χ4n) is 1.02. The van der Waals surface area contributed by atoms with Gasteiger partial charge in [-0.25, -0.2) is 4.79 Å². The van der Waals surface area contributed by atoms with Crippen LogP contribution in [0.2, 0.25) is 15.1 Å². The van der Waals surface area contributed by atoms with Gasteiger partial charge >= 0.3 is 5.97 Å². The highest BCUT2D eigenvalue weighted by atomic mass is 35.5. The van der Waals surface area contributed by atoms with E-state index in [2.05, 4.69) is 0 Å². The van der Waals surface area contributed by atoms with Crippen molar-refractivity contribution in [2.24, 2.45) is 0 Å². The van der Waals surface area contributed by atoms with Crippen LogP contribution in [0.4, 0.5) is 0 Å². The first-order valence-electron chi connectivity index (χ1n) is 4.59. The van der Waals surface area contributed by atoms with E-state index >= 15 is 0 Å². The Hall–Kier alpha value is -0.440. The first-order valence-corrected chi connectivity index (χ1v) is 5.72. The molecule has 0 heterocycles. The van der Waals surface area contributed by atoms with Crippen LogP contribution in [0.25, 0.3) is 0 Å². The maximum absolute atomic E-state index is 11.7. The fraction of sp³-hybridized carbons (Fsp3) is 0.364. The van der Waals surface area contributed by atoms with E-state index in [9.17, 15) is 4.79 Å². The van der Waals surface area contributed by atoms with Crippen molar-refractivity contribution in [2.75, 3.05) is 0 Å². The molecule has 0 aliphatic rings. The average molecular weight is 282 g/mol. The molecule has 0 fully saturated rings. The summed E-state index contributed by atoms with van der Waals surface area (Å²) in [6, 6.07) is 3.00. The van der Waals surface area contributed by atoms with Gasteiger partial charge in [-0.05, 0) is 32.9 Å². The Kier molecular flexibility index (Phi) is 4.11. The molecule has 1 rings (SSSR count). The highest BCUT2D eigenvalue weighted by Crippen LogP contribution is 2.33. The zero-order valence-corrected chi connectivity index (χ0v) is 11.4. The zero-order chi connectivity index (χ0) is 12.5. The van der Waals surface area contributed by atoms with Crippen LogP contribution in [0, 0.1) is 0 Å². The summed E-state index contributed by atoms with van der Waals surface area (Å²) < 4.78 is 5.17. The highest BCUT2D eigenvalue weighted by Gasteiger charge is 2.21. The van der Waals surface area contributed by atoms with Gasteiger partial charge in [0.1, 0.15) is 5.60 Å². The van der Waals surface area contributed by atoms with Gasteiger partial charge in [-0.1, -0.05) is 34.8 Å². The largest absolute Gasteiger partial charge is 0.456 e. The second-order valence-corrected chi connectivity index (χ2v) is 5.39. The molecular formula is C11H11Cl3O2. The van der Waals surface area contributed by atoms with Crippen LogP contribution < -0.4 is 0 Å². The molecule has 0 saturated carbocycles. The predicted molar refractivity (Wildman–Crippen MR) is 66.6 cm³/mol. The van der Waals surface area contributed by atoms with Gasteiger partial charge in [0.15, 0.2) is 0 Å². The Labute approximate surface area is 109 Å². The Morgan fingerprint density at radius 1 is 1.12 bits per heavy atom. The molecule has 0 atom stereocenters. The lowest BCUT2D eigenvalue weighted by molar-refractivity contribution is 0.00698. The average Bonchev–Trinajstić information content (AvgIpc) is 2.11. The molecule has 0 bridgehead atoms. The summed E-state index contributed by atoms with van der Waals surface area (Å²) in [5.74, 6) is -0.518. The number of halogens is 3. The Morgan fingerprint density at radius 3 is 2.19 bits per heavy atom. The Bertz CT molecular complexity index is 422. The van der Waals surface area contributed by atoms with Crippen LogP contribution in [0.3, 0.4) is 0 Å². The number of hydrogen-bond acceptors (Lipinski definition) is 2. The third-order valence-electron chi connectivity index (χ3n) is 1.65. The number of carbonyl (C=O) groups excluding carboxylic acids is 1. The molecule has 0 saturated heterocycles. The minimum Gasteiger partial charge on any atom is -0.456 e. The van der Waals surface area contributed by atoms with E-state index in [4.69, 9.17) is 39.5 Å². The maximum Gasteiger partial charge on any atom is 0.340 e. The van der Waals surface area contributed by atoms with Gasteiger partial charge in [0.05, 0.1) is 20.6 Å². The summed E-state index contributed by atoms with van der Waals surface area (Å²) in [7, 11) is 0.